The minimum absolute atomic E-state index is 0.122. The van der Waals surface area contributed by atoms with Crippen LogP contribution in [0.3, 0.4) is 0 Å². The number of hydrogen-bond acceptors (Lipinski definition) is 2. The van der Waals surface area contributed by atoms with Crippen molar-refractivity contribution < 1.29 is 4.79 Å². The molecule has 18 heavy (non-hydrogen) atoms. The standard InChI is InChI=1S/C14H17ClN2O/c15-10-3-4-13(12(16)7-10)17-14(18)11-6-8-1-2-9(11)5-8/h3-4,7-9,11H,1-2,5-6,16H2,(H,17,18). The summed E-state index contributed by atoms with van der Waals surface area (Å²) in [6, 6.07) is 5.18. The third kappa shape index (κ3) is 2.07. The van der Waals surface area contributed by atoms with E-state index in [1.54, 1.807) is 18.2 Å². The Bertz CT molecular complexity index is 489. The number of anilines is 2. The summed E-state index contributed by atoms with van der Waals surface area (Å²) in [5.41, 5.74) is 7.05. The van der Waals surface area contributed by atoms with E-state index in [-0.39, 0.29) is 11.8 Å². The average Bonchev–Trinajstić information content (AvgIpc) is 2.94. The number of benzene rings is 1. The summed E-state index contributed by atoms with van der Waals surface area (Å²) in [5.74, 6) is 1.66. The normalized spacial score (nSPS) is 29.5. The van der Waals surface area contributed by atoms with Crippen LogP contribution in [0.1, 0.15) is 25.7 Å². The molecule has 1 amide bonds. The first-order chi connectivity index (χ1) is 8.63. The zero-order valence-electron chi connectivity index (χ0n) is 10.2. The molecule has 0 heterocycles. The van der Waals surface area contributed by atoms with Crippen molar-refractivity contribution >= 4 is 28.9 Å². The number of hydrogen-bond donors (Lipinski definition) is 2. The molecule has 0 aromatic heterocycles. The second kappa shape index (κ2) is 4.47. The average molecular weight is 265 g/mol. The predicted molar refractivity (Wildman–Crippen MR) is 73.4 cm³/mol. The summed E-state index contributed by atoms with van der Waals surface area (Å²) < 4.78 is 0. The Balaban J connectivity index is 1.71. The molecule has 3 nitrogen and oxygen atoms in total. The molecule has 1 aromatic carbocycles. The van der Waals surface area contributed by atoms with Gasteiger partial charge in [-0.25, -0.2) is 0 Å². The second-order valence-electron chi connectivity index (χ2n) is 5.50. The molecule has 1 aromatic rings. The lowest BCUT2D eigenvalue weighted by atomic mass is 9.88. The van der Waals surface area contributed by atoms with Crippen LogP contribution < -0.4 is 11.1 Å². The minimum Gasteiger partial charge on any atom is -0.397 e. The Morgan fingerprint density at radius 1 is 1.33 bits per heavy atom. The lowest BCUT2D eigenvalue weighted by Gasteiger charge is -2.21. The Morgan fingerprint density at radius 2 is 2.17 bits per heavy atom. The van der Waals surface area contributed by atoms with Crippen molar-refractivity contribution in [1.29, 1.82) is 0 Å². The molecule has 3 rings (SSSR count). The van der Waals surface area contributed by atoms with Gasteiger partial charge >= 0.3 is 0 Å². The van der Waals surface area contributed by atoms with Crippen LogP contribution >= 0.6 is 11.6 Å². The van der Waals surface area contributed by atoms with E-state index in [4.69, 9.17) is 17.3 Å². The lowest BCUT2D eigenvalue weighted by Crippen LogP contribution is -2.27. The van der Waals surface area contributed by atoms with E-state index in [0.29, 0.717) is 22.3 Å². The Labute approximate surface area is 112 Å². The molecule has 2 aliphatic carbocycles. The van der Waals surface area contributed by atoms with Crippen LogP contribution in [0.5, 0.6) is 0 Å². The van der Waals surface area contributed by atoms with Gasteiger partial charge in [-0.1, -0.05) is 18.0 Å². The fraction of sp³-hybridized carbons (Fsp3) is 0.500. The molecule has 2 bridgehead atoms. The Kier molecular flexibility index (Phi) is 2.94. The number of carbonyl (C=O) groups is 1. The van der Waals surface area contributed by atoms with Gasteiger partial charge in [-0.3, -0.25) is 4.79 Å². The van der Waals surface area contributed by atoms with Crippen molar-refractivity contribution in [2.45, 2.75) is 25.7 Å². The molecule has 3 atom stereocenters. The van der Waals surface area contributed by atoms with Crippen molar-refractivity contribution in [2.24, 2.45) is 17.8 Å². The molecular weight excluding hydrogens is 248 g/mol. The molecule has 2 saturated carbocycles. The fourth-order valence-electron chi connectivity index (χ4n) is 3.44. The smallest absolute Gasteiger partial charge is 0.227 e. The van der Waals surface area contributed by atoms with Crippen molar-refractivity contribution in [2.75, 3.05) is 11.1 Å². The monoisotopic (exact) mass is 264 g/mol. The quantitative estimate of drug-likeness (QED) is 0.806. The van der Waals surface area contributed by atoms with E-state index >= 15 is 0 Å². The Hall–Kier alpha value is -1.22. The molecule has 2 fully saturated rings. The van der Waals surface area contributed by atoms with E-state index in [9.17, 15) is 4.79 Å². The number of fused-ring (bicyclic) bond motifs is 2. The van der Waals surface area contributed by atoms with Crippen LogP contribution in [0.2, 0.25) is 5.02 Å². The molecule has 96 valence electrons. The van der Waals surface area contributed by atoms with Crippen molar-refractivity contribution in [1.82, 2.24) is 0 Å². The molecular formula is C14H17ClN2O. The highest BCUT2D eigenvalue weighted by molar-refractivity contribution is 6.31. The van der Waals surface area contributed by atoms with Gasteiger partial charge < -0.3 is 11.1 Å². The van der Waals surface area contributed by atoms with Gasteiger partial charge in [0, 0.05) is 10.9 Å². The van der Waals surface area contributed by atoms with Crippen LogP contribution in [0.15, 0.2) is 18.2 Å². The summed E-state index contributed by atoms with van der Waals surface area (Å²) in [6.45, 7) is 0. The van der Waals surface area contributed by atoms with Gasteiger partial charge in [-0.2, -0.15) is 0 Å². The van der Waals surface area contributed by atoms with Gasteiger partial charge in [0.1, 0.15) is 0 Å². The van der Waals surface area contributed by atoms with Crippen molar-refractivity contribution in [3.63, 3.8) is 0 Å². The second-order valence-corrected chi connectivity index (χ2v) is 5.94. The number of nitrogens with one attached hydrogen (secondary N) is 1. The van der Waals surface area contributed by atoms with Crippen LogP contribution in [0, 0.1) is 17.8 Å². The molecule has 3 N–H and O–H groups in total. The third-order valence-corrected chi connectivity index (χ3v) is 4.58. The number of amides is 1. The fourth-order valence-corrected chi connectivity index (χ4v) is 3.62. The molecule has 4 heteroatoms. The number of halogens is 1. The van der Waals surface area contributed by atoms with Crippen LogP contribution in [-0.4, -0.2) is 5.91 Å². The number of rotatable bonds is 2. The van der Waals surface area contributed by atoms with E-state index in [2.05, 4.69) is 5.32 Å². The van der Waals surface area contributed by atoms with Crippen molar-refractivity contribution in [3.05, 3.63) is 23.2 Å². The molecule has 3 unspecified atom stereocenters. The number of nitrogen functional groups attached to an aromatic ring is 1. The molecule has 0 saturated heterocycles. The maximum Gasteiger partial charge on any atom is 0.227 e. The predicted octanol–water partition coefficient (Wildman–Crippen LogP) is 3.30. The summed E-state index contributed by atoms with van der Waals surface area (Å²) in [6.07, 6.45) is 4.79. The third-order valence-electron chi connectivity index (χ3n) is 4.35. The maximum atomic E-state index is 12.2. The van der Waals surface area contributed by atoms with Gasteiger partial charge in [0.05, 0.1) is 11.4 Å². The van der Waals surface area contributed by atoms with Crippen LogP contribution in [0.25, 0.3) is 0 Å². The van der Waals surface area contributed by atoms with Gasteiger partial charge in [0.15, 0.2) is 0 Å². The SMILES string of the molecule is Nc1cc(Cl)ccc1NC(=O)C1CC2CCC1C2. The van der Waals surface area contributed by atoms with E-state index < -0.39 is 0 Å². The first kappa shape index (κ1) is 11.8. The van der Waals surface area contributed by atoms with Gasteiger partial charge in [0.2, 0.25) is 5.91 Å². The first-order valence-electron chi connectivity index (χ1n) is 6.49. The summed E-state index contributed by atoms with van der Waals surface area (Å²) >= 11 is 5.84. The number of nitrogens with two attached hydrogens (primary N) is 1. The van der Waals surface area contributed by atoms with E-state index in [1.165, 1.54) is 19.3 Å². The maximum absolute atomic E-state index is 12.2. The summed E-state index contributed by atoms with van der Waals surface area (Å²) in [4.78, 5) is 12.2. The first-order valence-corrected chi connectivity index (χ1v) is 6.87. The van der Waals surface area contributed by atoms with Gasteiger partial charge in [-0.05, 0) is 49.3 Å². The minimum atomic E-state index is 0.122. The van der Waals surface area contributed by atoms with Gasteiger partial charge in [0.25, 0.3) is 0 Å². The van der Waals surface area contributed by atoms with Gasteiger partial charge in [-0.15, -0.1) is 0 Å². The van der Waals surface area contributed by atoms with Crippen LogP contribution in [0.4, 0.5) is 11.4 Å². The van der Waals surface area contributed by atoms with Crippen LogP contribution in [-0.2, 0) is 4.79 Å². The number of carbonyl (C=O) groups excluding carboxylic acids is 1. The highest BCUT2D eigenvalue weighted by Gasteiger charge is 2.43. The zero-order chi connectivity index (χ0) is 12.7. The molecule has 0 spiro atoms. The topological polar surface area (TPSA) is 55.1 Å². The highest BCUT2D eigenvalue weighted by Crippen LogP contribution is 2.48. The molecule has 0 radical (unpaired) electrons. The zero-order valence-corrected chi connectivity index (χ0v) is 10.9. The summed E-state index contributed by atoms with van der Waals surface area (Å²) in [5, 5.41) is 3.53. The van der Waals surface area contributed by atoms with Crippen molar-refractivity contribution in [3.8, 4) is 0 Å². The van der Waals surface area contributed by atoms with E-state index in [0.717, 1.165) is 12.3 Å². The highest BCUT2D eigenvalue weighted by atomic mass is 35.5. The molecule has 0 aliphatic heterocycles. The summed E-state index contributed by atoms with van der Waals surface area (Å²) in [7, 11) is 0. The van der Waals surface area contributed by atoms with E-state index in [1.807, 2.05) is 0 Å². The Morgan fingerprint density at radius 3 is 2.78 bits per heavy atom. The lowest BCUT2D eigenvalue weighted by molar-refractivity contribution is -0.121. The largest absolute Gasteiger partial charge is 0.397 e. The molecule has 2 aliphatic rings.